The molecule has 0 unspecified atom stereocenters. The molecular weight excluding hydrogens is 350 g/mol. The van der Waals surface area contributed by atoms with Crippen molar-refractivity contribution in [1.82, 2.24) is 0 Å². The first-order chi connectivity index (χ1) is 12.7. The number of halogens is 1. The van der Waals surface area contributed by atoms with Crippen molar-refractivity contribution in [3.8, 4) is 5.75 Å². The average molecular weight is 366 g/mol. The van der Waals surface area contributed by atoms with Crippen LogP contribution in [0.25, 0.3) is 0 Å². The minimum absolute atomic E-state index is 0.191. The van der Waals surface area contributed by atoms with E-state index < -0.39 is 0 Å². The summed E-state index contributed by atoms with van der Waals surface area (Å²) in [6, 6.07) is 23.4. The third kappa shape index (κ3) is 4.10. The summed E-state index contributed by atoms with van der Waals surface area (Å²) < 4.78 is 5.58. The first kappa shape index (κ1) is 17.7. The van der Waals surface area contributed by atoms with Gasteiger partial charge in [0.05, 0.1) is 5.02 Å². The van der Waals surface area contributed by atoms with Gasteiger partial charge < -0.3 is 4.74 Å². The molecule has 4 nitrogen and oxygen atoms in total. The average Bonchev–Trinajstić information content (AvgIpc) is 2.69. The summed E-state index contributed by atoms with van der Waals surface area (Å²) in [4.78, 5) is 25.2. The van der Waals surface area contributed by atoms with Gasteiger partial charge >= 0.3 is 0 Å². The van der Waals surface area contributed by atoms with Gasteiger partial charge in [0.1, 0.15) is 12.0 Å². The van der Waals surface area contributed by atoms with Crippen LogP contribution >= 0.6 is 11.6 Å². The fourth-order valence-electron chi connectivity index (χ4n) is 2.50. The molecule has 0 spiro atoms. The Kier molecular flexibility index (Phi) is 5.66. The molecule has 0 aromatic heterocycles. The number of para-hydroxylation sites is 2. The van der Waals surface area contributed by atoms with Gasteiger partial charge in [-0.2, -0.15) is 0 Å². The van der Waals surface area contributed by atoms with E-state index in [0.717, 1.165) is 11.4 Å². The van der Waals surface area contributed by atoms with Gasteiger partial charge in [-0.25, -0.2) is 0 Å². The summed E-state index contributed by atoms with van der Waals surface area (Å²) in [5.41, 5.74) is 1.94. The molecule has 0 heterocycles. The Morgan fingerprint density at radius 2 is 1.50 bits per heavy atom. The van der Waals surface area contributed by atoms with E-state index in [9.17, 15) is 9.59 Å². The summed E-state index contributed by atoms with van der Waals surface area (Å²) in [7, 11) is 0. The quantitative estimate of drug-likeness (QED) is 0.584. The van der Waals surface area contributed by atoms with Crippen LogP contribution < -0.4 is 9.64 Å². The molecule has 0 aliphatic heterocycles. The van der Waals surface area contributed by atoms with Gasteiger partial charge in [-0.05, 0) is 42.5 Å². The third-order valence-corrected chi connectivity index (χ3v) is 4.02. The number of hydrogen-bond donors (Lipinski definition) is 0. The first-order valence-corrected chi connectivity index (χ1v) is 8.37. The number of benzene rings is 3. The molecule has 0 aliphatic rings. The molecule has 0 radical (unpaired) electrons. The topological polar surface area (TPSA) is 46.6 Å². The van der Waals surface area contributed by atoms with E-state index in [1.54, 1.807) is 17.0 Å². The van der Waals surface area contributed by atoms with E-state index in [0.29, 0.717) is 17.6 Å². The summed E-state index contributed by atoms with van der Waals surface area (Å²) in [6.45, 7) is -0.191. The van der Waals surface area contributed by atoms with Crippen molar-refractivity contribution in [2.45, 2.75) is 0 Å². The van der Waals surface area contributed by atoms with Crippen LogP contribution in [0.15, 0.2) is 78.9 Å². The van der Waals surface area contributed by atoms with Crippen molar-refractivity contribution in [1.29, 1.82) is 0 Å². The van der Waals surface area contributed by atoms with Gasteiger partial charge in [0.25, 0.3) is 5.91 Å². The summed E-state index contributed by atoms with van der Waals surface area (Å²) in [6.07, 6.45) is 0.702. The second-order valence-electron chi connectivity index (χ2n) is 5.50. The molecule has 1 amide bonds. The van der Waals surface area contributed by atoms with Crippen molar-refractivity contribution < 1.29 is 14.3 Å². The maximum absolute atomic E-state index is 12.9. The molecule has 130 valence electrons. The van der Waals surface area contributed by atoms with Crippen LogP contribution in [-0.2, 0) is 4.79 Å². The van der Waals surface area contributed by atoms with Gasteiger partial charge in [0.2, 0.25) is 0 Å². The number of aldehydes is 1. The number of carbonyl (C=O) groups excluding carboxylic acids is 2. The van der Waals surface area contributed by atoms with E-state index in [4.69, 9.17) is 16.3 Å². The van der Waals surface area contributed by atoms with Gasteiger partial charge in [-0.1, -0.05) is 48.0 Å². The number of carbonyl (C=O) groups is 2. The second-order valence-corrected chi connectivity index (χ2v) is 5.90. The molecule has 0 fully saturated rings. The molecule has 0 bridgehead atoms. The third-order valence-electron chi connectivity index (χ3n) is 3.72. The van der Waals surface area contributed by atoms with E-state index in [1.165, 1.54) is 6.07 Å². The van der Waals surface area contributed by atoms with Gasteiger partial charge in [-0.3, -0.25) is 14.5 Å². The Morgan fingerprint density at radius 3 is 2.00 bits per heavy atom. The zero-order chi connectivity index (χ0) is 18.4. The van der Waals surface area contributed by atoms with E-state index >= 15 is 0 Å². The lowest BCUT2D eigenvalue weighted by atomic mass is 10.2. The molecule has 0 N–H and O–H groups in total. The maximum Gasteiger partial charge on any atom is 0.269 e. The van der Waals surface area contributed by atoms with Crippen LogP contribution in [-0.4, -0.2) is 18.8 Å². The second kappa shape index (κ2) is 8.32. The lowest BCUT2D eigenvalue weighted by molar-refractivity contribution is -0.119. The Bertz CT molecular complexity index is 858. The number of rotatable bonds is 6. The van der Waals surface area contributed by atoms with Gasteiger partial charge in [0.15, 0.2) is 6.61 Å². The Morgan fingerprint density at radius 1 is 0.923 bits per heavy atom. The fourth-order valence-corrected chi connectivity index (χ4v) is 2.75. The monoisotopic (exact) mass is 365 g/mol. The van der Waals surface area contributed by atoms with Crippen molar-refractivity contribution in [3.05, 3.63) is 89.4 Å². The highest BCUT2D eigenvalue weighted by atomic mass is 35.5. The number of nitrogens with zero attached hydrogens (tertiary/aromatic N) is 1. The molecule has 0 atom stereocenters. The maximum atomic E-state index is 12.9. The minimum Gasteiger partial charge on any atom is -0.482 e. The molecule has 0 saturated carbocycles. The first-order valence-electron chi connectivity index (χ1n) is 7.99. The molecule has 26 heavy (non-hydrogen) atoms. The summed E-state index contributed by atoms with van der Waals surface area (Å²) in [5, 5.41) is 0.286. The number of ether oxygens (including phenoxy) is 1. The predicted molar refractivity (Wildman–Crippen MR) is 102 cm³/mol. The van der Waals surface area contributed by atoms with E-state index in [-0.39, 0.29) is 17.5 Å². The highest BCUT2D eigenvalue weighted by Gasteiger charge is 2.18. The Labute approximate surface area is 156 Å². The molecule has 5 heteroatoms. The SMILES string of the molecule is O=Cc1ccc(OCC(=O)N(c2ccccc2)c2ccccc2)c(Cl)c1. The van der Waals surface area contributed by atoms with Crippen LogP contribution in [0.4, 0.5) is 11.4 Å². The number of amides is 1. The smallest absolute Gasteiger partial charge is 0.269 e. The molecule has 3 aromatic rings. The van der Waals surface area contributed by atoms with E-state index in [1.807, 2.05) is 60.7 Å². The minimum atomic E-state index is -0.238. The van der Waals surface area contributed by atoms with Crippen LogP contribution in [0.5, 0.6) is 5.75 Å². The summed E-state index contributed by atoms with van der Waals surface area (Å²) >= 11 is 6.10. The van der Waals surface area contributed by atoms with Crippen molar-refractivity contribution in [2.24, 2.45) is 0 Å². The van der Waals surface area contributed by atoms with Gasteiger partial charge in [-0.15, -0.1) is 0 Å². The van der Waals surface area contributed by atoms with Crippen LogP contribution in [0.3, 0.4) is 0 Å². The highest BCUT2D eigenvalue weighted by Crippen LogP contribution is 2.27. The molecule has 0 aliphatic carbocycles. The van der Waals surface area contributed by atoms with Gasteiger partial charge in [0, 0.05) is 16.9 Å². The lowest BCUT2D eigenvalue weighted by Gasteiger charge is -2.23. The van der Waals surface area contributed by atoms with Crippen LogP contribution in [0.1, 0.15) is 10.4 Å². The Hall–Kier alpha value is -3.11. The molecule has 3 rings (SSSR count). The molecule has 3 aromatic carbocycles. The van der Waals surface area contributed by atoms with Crippen LogP contribution in [0.2, 0.25) is 5.02 Å². The number of anilines is 2. The fraction of sp³-hybridized carbons (Fsp3) is 0.0476. The highest BCUT2D eigenvalue weighted by molar-refractivity contribution is 6.32. The normalized spacial score (nSPS) is 10.2. The molecular formula is C21H16ClNO3. The largest absolute Gasteiger partial charge is 0.482 e. The van der Waals surface area contributed by atoms with E-state index in [2.05, 4.69) is 0 Å². The summed E-state index contributed by atoms with van der Waals surface area (Å²) in [5.74, 6) is 0.115. The zero-order valence-corrected chi connectivity index (χ0v) is 14.6. The van der Waals surface area contributed by atoms with Crippen molar-refractivity contribution in [2.75, 3.05) is 11.5 Å². The standard InChI is InChI=1S/C21H16ClNO3/c22-19-13-16(14-24)11-12-20(19)26-15-21(25)23(17-7-3-1-4-8-17)18-9-5-2-6-10-18/h1-14H,15H2. The Balaban J connectivity index is 1.81. The van der Waals surface area contributed by atoms with Crippen molar-refractivity contribution >= 4 is 35.2 Å². The van der Waals surface area contributed by atoms with Crippen molar-refractivity contribution in [3.63, 3.8) is 0 Å². The van der Waals surface area contributed by atoms with Crippen LogP contribution in [0, 0.1) is 0 Å². The predicted octanol–water partition coefficient (Wildman–Crippen LogP) is 4.90. The number of hydrogen-bond acceptors (Lipinski definition) is 3. The zero-order valence-electron chi connectivity index (χ0n) is 13.8. The molecule has 0 saturated heterocycles. The lowest BCUT2D eigenvalue weighted by Crippen LogP contribution is -2.30.